The molecule has 2 aromatic rings. The molecule has 0 saturated carbocycles. The van der Waals surface area contributed by atoms with Crippen molar-refractivity contribution >= 4 is 33.3 Å². The highest BCUT2D eigenvalue weighted by atomic mass is 32.2. The summed E-state index contributed by atoms with van der Waals surface area (Å²) in [6, 6.07) is 11.9. The van der Waals surface area contributed by atoms with Crippen LogP contribution < -0.4 is 9.21 Å². The average Bonchev–Trinajstić information content (AvgIpc) is 2.89. The molecule has 1 fully saturated rings. The van der Waals surface area contributed by atoms with Gasteiger partial charge in [0.05, 0.1) is 23.1 Å². The van der Waals surface area contributed by atoms with Gasteiger partial charge in [-0.3, -0.25) is 4.31 Å². The lowest BCUT2D eigenvalue weighted by atomic mass is 10.0. The van der Waals surface area contributed by atoms with Crippen molar-refractivity contribution in [3.05, 3.63) is 46.5 Å². The van der Waals surface area contributed by atoms with Crippen LogP contribution in [0.2, 0.25) is 0 Å². The number of pyridine rings is 1. The lowest BCUT2D eigenvalue weighted by molar-refractivity contribution is 0.234. The highest BCUT2D eigenvalue weighted by Crippen LogP contribution is 2.33. The summed E-state index contributed by atoms with van der Waals surface area (Å²) >= 11 is 1.46. The highest BCUT2D eigenvalue weighted by molar-refractivity contribution is 7.98. The van der Waals surface area contributed by atoms with E-state index in [9.17, 15) is 18.9 Å². The number of aromatic nitrogens is 1. The first-order chi connectivity index (χ1) is 17.2. The maximum absolute atomic E-state index is 11.8. The zero-order chi connectivity index (χ0) is 26.3. The zero-order valence-corrected chi connectivity index (χ0v) is 23.1. The molecule has 192 valence electrons. The van der Waals surface area contributed by atoms with Crippen LogP contribution in [0.5, 0.6) is 0 Å². The van der Waals surface area contributed by atoms with Crippen molar-refractivity contribution in [1.82, 2.24) is 9.88 Å². The van der Waals surface area contributed by atoms with E-state index >= 15 is 0 Å². The van der Waals surface area contributed by atoms with Crippen LogP contribution in [0.3, 0.4) is 0 Å². The van der Waals surface area contributed by atoms with E-state index in [1.807, 2.05) is 31.0 Å². The molecule has 0 spiro atoms. The number of benzene rings is 1. The Hall–Kier alpha value is -2.79. The number of nitrogens with zero attached hydrogens (tertiary/aromatic N) is 6. The molecule has 1 aromatic carbocycles. The molecule has 1 saturated heterocycles. The first-order valence-electron chi connectivity index (χ1n) is 12.2. The predicted molar refractivity (Wildman–Crippen MR) is 146 cm³/mol. The summed E-state index contributed by atoms with van der Waals surface area (Å²) in [5, 5.41) is 20.5. The fourth-order valence-corrected chi connectivity index (χ4v) is 5.75. The molecule has 3 rings (SSSR count). The number of thioether (sulfide) groups is 1. The number of likely N-dealkylation sites (tertiary alicyclic amines) is 1. The molecular formula is C26H34N6O2S2. The lowest BCUT2D eigenvalue weighted by Gasteiger charge is -2.29. The number of likely N-dealkylation sites (N-methyl/N-ethyl adjacent to an activating group) is 1. The molecule has 1 aliphatic rings. The smallest absolute Gasteiger partial charge is 0.231 e. The number of sulfonamides is 1. The van der Waals surface area contributed by atoms with Crippen molar-refractivity contribution in [2.24, 2.45) is 0 Å². The molecule has 8 nitrogen and oxygen atoms in total. The number of hydrogen-bond donors (Lipinski definition) is 0. The van der Waals surface area contributed by atoms with E-state index in [0.717, 1.165) is 37.3 Å². The van der Waals surface area contributed by atoms with Gasteiger partial charge in [-0.05, 0) is 55.6 Å². The third-order valence-corrected chi connectivity index (χ3v) is 8.81. The topological polar surface area (TPSA) is 104 Å². The lowest BCUT2D eigenvalue weighted by Crippen LogP contribution is -2.37. The Morgan fingerprint density at radius 1 is 1.06 bits per heavy atom. The molecule has 2 heterocycles. The van der Waals surface area contributed by atoms with Crippen molar-refractivity contribution in [3.8, 4) is 12.1 Å². The van der Waals surface area contributed by atoms with E-state index in [4.69, 9.17) is 4.98 Å². The van der Waals surface area contributed by atoms with Gasteiger partial charge in [0.2, 0.25) is 10.0 Å². The molecule has 0 radical (unpaired) electrons. The number of hydrogen-bond acceptors (Lipinski definition) is 8. The molecule has 1 aliphatic heterocycles. The second kappa shape index (κ2) is 12.4. The summed E-state index contributed by atoms with van der Waals surface area (Å²) in [6.45, 7) is 5.86. The van der Waals surface area contributed by atoms with E-state index in [0.29, 0.717) is 39.8 Å². The van der Waals surface area contributed by atoms with Crippen molar-refractivity contribution in [2.75, 3.05) is 55.7 Å². The maximum atomic E-state index is 11.8. The third kappa shape index (κ3) is 6.70. The van der Waals surface area contributed by atoms with Gasteiger partial charge in [-0.1, -0.05) is 25.5 Å². The minimum absolute atomic E-state index is 0.459. The van der Waals surface area contributed by atoms with Crippen LogP contribution in [0, 0.1) is 22.7 Å². The van der Waals surface area contributed by atoms with Crippen LogP contribution in [0.25, 0.3) is 0 Å². The van der Waals surface area contributed by atoms with Gasteiger partial charge in [0.1, 0.15) is 23.0 Å². The summed E-state index contributed by atoms with van der Waals surface area (Å²) in [5.41, 5.74) is 3.25. The largest absolute Gasteiger partial charge is 0.357 e. The molecule has 0 atom stereocenters. The number of anilines is 2. The van der Waals surface area contributed by atoms with Gasteiger partial charge in [0, 0.05) is 32.9 Å². The Labute approximate surface area is 219 Å². The minimum Gasteiger partial charge on any atom is -0.357 e. The highest BCUT2D eigenvalue weighted by Gasteiger charge is 2.22. The monoisotopic (exact) mass is 526 g/mol. The van der Waals surface area contributed by atoms with Crippen molar-refractivity contribution in [3.63, 3.8) is 0 Å². The van der Waals surface area contributed by atoms with Gasteiger partial charge in [-0.2, -0.15) is 10.5 Å². The zero-order valence-electron chi connectivity index (χ0n) is 21.5. The fourth-order valence-electron chi connectivity index (χ4n) is 4.29. The van der Waals surface area contributed by atoms with E-state index < -0.39 is 10.0 Å². The average molecular weight is 527 g/mol. The summed E-state index contributed by atoms with van der Waals surface area (Å²) in [5.74, 6) is 1.19. The second-order valence-corrected chi connectivity index (χ2v) is 12.0. The maximum Gasteiger partial charge on any atom is 0.231 e. The molecule has 0 N–H and O–H groups in total. The van der Waals surface area contributed by atoms with Crippen LogP contribution in [-0.2, 0) is 22.2 Å². The summed E-state index contributed by atoms with van der Waals surface area (Å²) in [4.78, 5) is 9.31. The van der Waals surface area contributed by atoms with Gasteiger partial charge in [0.25, 0.3) is 0 Å². The molecule has 0 aliphatic carbocycles. The van der Waals surface area contributed by atoms with Gasteiger partial charge in [-0.25, -0.2) is 13.4 Å². The Kier molecular flexibility index (Phi) is 9.61. The van der Waals surface area contributed by atoms with Crippen molar-refractivity contribution < 1.29 is 8.42 Å². The Morgan fingerprint density at radius 2 is 1.69 bits per heavy atom. The summed E-state index contributed by atoms with van der Waals surface area (Å²) in [6.07, 6.45) is 5.49. The molecule has 0 bridgehead atoms. The third-order valence-electron chi connectivity index (χ3n) is 6.56. The number of piperidine rings is 1. The first-order valence-corrected chi connectivity index (χ1v) is 15.0. The quantitative estimate of drug-likeness (QED) is 0.428. The first kappa shape index (κ1) is 27.8. The van der Waals surface area contributed by atoms with Crippen molar-refractivity contribution in [2.45, 2.75) is 43.4 Å². The summed E-state index contributed by atoms with van der Waals surface area (Å²) < 4.78 is 24.8. The molecular weight excluding hydrogens is 492 g/mol. The molecule has 10 heteroatoms. The molecule has 0 amide bonds. The Bertz CT molecular complexity index is 1240. The van der Waals surface area contributed by atoms with Crippen LogP contribution >= 0.6 is 11.8 Å². The van der Waals surface area contributed by atoms with Crippen LogP contribution in [0.1, 0.15) is 48.4 Å². The second-order valence-electron chi connectivity index (χ2n) is 9.06. The molecule has 1 aromatic heterocycles. The van der Waals surface area contributed by atoms with Crippen LogP contribution in [-0.4, -0.2) is 64.8 Å². The Morgan fingerprint density at radius 3 is 2.25 bits per heavy atom. The van der Waals surface area contributed by atoms with Gasteiger partial charge in [-0.15, -0.1) is 11.8 Å². The van der Waals surface area contributed by atoms with Crippen molar-refractivity contribution in [1.29, 1.82) is 10.5 Å². The van der Waals surface area contributed by atoms with Gasteiger partial charge in [0.15, 0.2) is 0 Å². The predicted octanol–water partition coefficient (Wildman–Crippen LogP) is 4.00. The number of rotatable bonds is 10. The van der Waals surface area contributed by atoms with Gasteiger partial charge < -0.3 is 9.80 Å². The van der Waals surface area contributed by atoms with Gasteiger partial charge >= 0.3 is 0 Å². The normalized spacial score (nSPS) is 14.2. The minimum atomic E-state index is -3.32. The van der Waals surface area contributed by atoms with E-state index in [1.54, 1.807) is 12.1 Å². The Balaban J connectivity index is 1.83. The van der Waals surface area contributed by atoms with Crippen LogP contribution in [0.15, 0.2) is 29.3 Å². The van der Waals surface area contributed by atoms with E-state index in [2.05, 4.69) is 17.0 Å². The van der Waals surface area contributed by atoms with E-state index in [1.165, 1.54) is 48.6 Å². The van der Waals surface area contributed by atoms with E-state index in [-0.39, 0.29) is 0 Å². The van der Waals surface area contributed by atoms with Crippen LogP contribution in [0.4, 0.5) is 11.5 Å². The molecule has 36 heavy (non-hydrogen) atoms. The SMILES string of the molecule is CCc1c(C#N)c(SCc2ccc(N(C)S(C)(=O)=O)cc2)nc(N(C)CCN2CCCCC2)c1C#N. The fraction of sp³-hybridized carbons (Fsp3) is 0.500. The molecule has 0 unspecified atom stereocenters. The summed E-state index contributed by atoms with van der Waals surface area (Å²) in [7, 11) is 0.160. The standard InChI is InChI=1S/C26H34N6O2S2/c1-5-22-23(17-27)25(30(2)15-16-32-13-7-6-8-14-32)29-26(24(22)18-28)35-19-20-9-11-21(12-10-20)31(3)36(4,33)34/h9-12H,5-8,13-16,19H2,1-4H3. The number of nitriles is 2.